The number of ether oxygens (including phenoxy) is 1. The van der Waals surface area contributed by atoms with Crippen LogP contribution in [0.2, 0.25) is 0 Å². The third-order valence-corrected chi connectivity index (χ3v) is 2.24. The molecule has 1 amide bonds. The molecule has 1 N–H and O–H groups in total. The van der Waals surface area contributed by atoms with Gasteiger partial charge in [0.05, 0.1) is 7.11 Å². The largest absolute Gasteiger partial charge is 0.497 e. The lowest BCUT2D eigenvalue weighted by molar-refractivity contribution is 0.0956. The highest BCUT2D eigenvalue weighted by molar-refractivity contribution is 5.96. The Bertz CT molecular complexity index is 410. The van der Waals surface area contributed by atoms with Crippen LogP contribution in [0.5, 0.6) is 5.75 Å². The maximum atomic E-state index is 11.8. The third-order valence-electron chi connectivity index (χ3n) is 2.24. The molecule has 0 aromatic heterocycles. The number of methoxy groups -OCH3 is 1. The Morgan fingerprint density at radius 2 is 2.19 bits per heavy atom. The van der Waals surface area contributed by atoms with Crippen LogP contribution in [-0.4, -0.2) is 19.6 Å². The molecule has 0 aliphatic rings. The van der Waals surface area contributed by atoms with Crippen LogP contribution in [0.3, 0.4) is 0 Å². The summed E-state index contributed by atoms with van der Waals surface area (Å²) in [5.74, 6) is 0.588. The molecule has 86 valence electrons. The van der Waals surface area contributed by atoms with E-state index in [2.05, 4.69) is 11.9 Å². The Morgan fingerprint density at radius 1 is 1.50 bits per heavy atom. The van der Waals surface area contributed by atoms with Crippen molar-refractivity contribution in [3.8, 4) is 5.75 Å². The van der Waals surface area contributed by atoms with Crippen molar-refractivity contribution in [1.29, 1.82) is 0 Å². The summed E-state index contributed by atoms with van der Waals surface area (Å²) < 4.78 is 5.09. The Morgan fingerprint density at radius 3 is 2.75 bits per heavy atom. The molecule has 0 heterocycles. The topological polar surface area (TPSA) is 38.3 Å². The van der Waals surface area contributed by atoms with Crippen molar-refractivity contribution in [1.82, 2.24) is 5.32 Å². The first-order chi connectivity index (χ1) is 7.54. The quantitative estimate of drug-likeness (QED) is 0.789. The predicted molar refractivity (Wildman–Crippen MR) is 64.9 cm³/mol. The van der Waals surface area contributed by atoms with Crippen LogP contribution in [0.1, 0.15) is 22.8 Å². The van der Waals surface area contributed by atoms with Gasteiger partial charge in [0.25, 0.3) is 5.91 Å². The minimum Gasteiger partial charge on any atom is -0.497 e. The maximum absolute atomic E-state index is 11.8. The van der Waals surface area contributed by atoms with Crippen molar-refractivity contribution in [2.45, 2.75) is 13.8 Å². The second kappa shape index (κ2) is 5.35. The van der Waals surface area contributed by atoms with E-state index >= 15 is 0 Å². The van der Waals surface area contributed by atoms with E-state index in [1.54, 1.807) is 13.2 Å². The number of benzene rings is 1. The Hall–Kier alpha value is -1.77. The number of carbonyl (C=O) groups is 1. The SMILES string of the molecule is C=C(C)CNC(=O)c1cc(OC)ccc1C. The molecule has 0 radical (unpaired) electrons. The monoisotopic (exact) mass is 219 g/mol. The summed E-state index contributed by atoms with van der Waals surface area (Å²) in [6.07, 6.45) is 0. The zero-order valence-corrected chi connectivity index (χ0v) is 9.96. The smallest absolute Gasteiger partial charge is 0.251 e. The first kappa shape index (κ1) is 12.3. The van der Waals surface area contributed by atoms with Gasteiger partial charge in [0.15, 0.2) is 0 Å². The number of aryl methyl sites for hydroxylation is 1. The third kappa shape index (κ3) is 3.12. The van der Waals surface area contributed by atoms with Gasteiger partial charge in [-0.15, -0.1) is 0 Å². The van der Waals surface area contributed by atoms with Crippen molar-refractivity contribution >= 4 is 5.91 Å². The van der Waals surface area contributed by atoms with E-state index in [1.807, 2.05) is 26.0 Å². The fourth-order valence-corrected chi connectivity index (χ4v) is 1.30. The molecule has 1 rings (SSSR count). The normalized spacial score (nSPS) is 9.69. The molecule has 0 saturated carbocycles. The molecule has 0 atom stereocenters. The maximum Gasteiger partial charge on any atom is 0.251 e. The number of carbonyl (C=O) groups excluding carboxylic acids is 1. The summed E-state index contributed by atoms with van der Waals surface area (Å²) in [6, 6.07) is 5.45. The molecule has 1 aromatic rings. The molecule has 0 fully saturated rings. The first-order valence-corrected chi connectivity index (χ1v) is 5.12. The lowest BCUT2D eigenvalue weighted by atomic mass is 10.1. The van der Waals surface area contributed by atoms with Crippen LogP contribution in [0, 0.1) is 6.92 Å². The second-order valence-electron chi connectivity index (χ2n) is 3.82. The van der Waals surface area contributed by atoms with Crippen molar-refractivity contribution < 1.29 is 9.53 Å². The van der Waals surface area contributed by atoms with Crippen molar-refractivity contribution in [2.75, 3.05) is 13.7 Å². The number of hydrogen-bond acceptors (Lipinski definition) is 2. The van der Waals surface area contributed by atoms with Gasteiger partial charge in [0.2, 0.25) is 0 Å². The van der Waals surface area contributed by atoms with Crippen LogP contribution >= 0.6 is 0 Å². The van der Waals surface area contributed by atoms with E-state index in [1.165, 1.54) is 0 Å². The van der Waals surface area contributed by atoms with Crippen molar-refractivity contribution in [3.63, 3.8) is 0 Å². The minimum atomic E-state index is -0.0978. The summed E-state index contributed by atoms with van der Waals surface area (Å²) >= 11 is 0. The van der Waals surface area contributed by atoms with Gasteiger partial charge < -0.3 is 10.1 Å². The summed E-state index contributed by atoms with van der Waals surface area (Å²) in [7, 11) is 1.58. The fraction of sp³-hybridized carbons (Fsp3) is 0.308. The Balaban J connectivity index is 2.85. The highest BCUT2D eigenvalue weighted by Crippen LogP contribution is 2.16. The van der Waals surface area contributed by atoms with Gasteiger partial charge in [0, 0.05) is 12.1 Å². The molecule has 0 spiro atoms. The average molecular weight is 219 g/mol. The molecule has 0 aliphatic carbocycles. The molecular weight excluding hydrogens is 202 g/mol. The average Bonchev–Trinajstić information content (AvgIpc) is 2.26. The second-order valence-corrected chi connectivity index (χ2v) is 3.82. The first-order valence-electron chi connectivity index (χ1n) is 5.12. The molecule has 0 unspecified atom stereocenters. The van der Waals surface area contributed by atoms with E-state index in [-0.39, 0.29) is 5.91 Å². The Kier molecular flexibility index (Phi) is 4.11. The fourth-order valence-electron chi connectivity index (χ4n) is 1.30. The molecule has 3 heteroatoms. The van der Waals surface area contributed by atoms with Gasteiger partial charge in [-0.3, -0.25) is 4.79 Å². The van der Waals surface area contributed by atoms with E-state index in [0.29, 0.717) is 17.9 Å². The van der Waals surface area contributed by atoms with Crippen LogP contribution in [0.4, 0.5) is 0 Å². The van der Waals surface area contributed by atoms with Crippen LogP contribution < -0.4 is 10.1 Å². The highest BCUT2D eigenvalue weighted by atomic mass is 16.5. The van der Waals surface area contributed by atoms with Crippen molar-refractivity contribution in [2.24, 2.45) is 0 Å². The number of hydrogen-bond donors (Lipinski definition) is 1. The van der Waals surface area contributed by atoms with E-state index < -0.39 is 0 Å². The van der Waals surface area contributed by atoms with E-state index in [9.17, 15) is 4.79 Å². The van der Waals surface area contributed by atoms with E-state index in [4.69, 9.17) is 4.74 Å². The lowest BCUT2D eigenvalue weighted by Gasteiger charge is -2.09. The van der Waals surface area contributed by atoms with Crippen LogP contribution in [-0.2, 0) is 0 Å². The van der Waals surface area contributed by atoms with Gasteiger partial charge in [-0.05, 0) is 31.5 Å². The highest BCUT2D eigenvalue weighted by Gasteiger charge is 2.09. The standard InChI is InChI=1S/C13H17NO2/c1-9(2)8-14-13(15)12-7-11(16-4)6-5-10(12)3/h5-7H,1,8H2,2-4H3,(H,14,15). The summed E-state index contributed by atoms with van der Waals surface area (Å²) in [4.78, 5) is 11.8. The van der Waals surface area contributed by atoms with Gasteiger partial charge >= 0.3 is 0 Å². The van der Waals surface area contributed by atoms with Crippen LogP contribution in [0.15, 0.2) is 30.4 Å². The molecule has 0 aliphatic heterocycles. The lowest BCUT2D eigenvalue weighted by Crippen LogP contribution is -2.25. The zero-order chi connectivity index (χ0) is 12.1. The summed E-state index contributed by atoms with van der Waals surface area (Å²) in [5.41, 5.74) is 2.49. The van der Waals surface area contributed by atoms with Crippen molar-refractivity contribution in [3.05, 3.63) is 41.5 Å². The van der Waals surface area contributed by atoms with E-state index in [0.717, 1.165) is 11.1 Å². The Labute approximate surface area is 96.1 Å². The number of rotatable bonds is 4. The molecule has 16 heavy (non-hydrogen) atoms. The minimum absolute atomic E-state index is 0.0978. The zero-order valence-electron chi connectivity index (χ0n) is 9.96. The van der Waals surface area contributed by atoms with Gasteiger partial charge in [-0.25, -0.2) is 0 Å². The molecular formula is C13H17NO2. The summed E-state index contributed by atoms with van der Waals surface area (Å²) in [5, 5.41) is 2.80. The van der Waals surface area contributed by atoms with Gasteiger partial charge in [-0.1, -0.05) is 18.2 Å². The summed E-state index contributed by atoms with van der Waals surface area (Å²) in [6.45, 7) is 8.00. The predicted octanol–water partition coefficient (Wildman–Crippen LogP) is 2.31. The number of nitrogens with one attached hydrogen (secondary N) is 1. The number of amides is 1. The van der Waals surface area contributed by atoms with Gasteiger partial charge in [0.1, 0.15) is 5.75 Å². The molecule has 0 saturated heterocycles. The van der Waals surface area contributed by atoms with Crippen LogP contribution in [0.25, 0.3) is 0 Å². The van der Waals surface area contributed by atoms with Gasteiger partial charge in [-0.2, -0.15) is 0 Å². The molecule has 0 bridgehead atoms. The molecule has 1 aromatic carbocycles. The molecule has 3 nitrogen and oxygen atoms in total.